The van der Waals surface area contributed by atoms with Crippen LogP contribution in [0.2, 0.25) is 0 Å². The van der Waals surface area contributed by atoms with Gasteiger partial charge in [0.1, 0.15) is 0 Å². The molecule has 10 heteroatoms. The van der Waals surface area contributed by atoms with Crippen molar-refractivity contribution in [2.75, 3.05) is 23.9 Å². The van der Waals surface area contributed by atoms with Gasteiger partial charge in [-0.2, -0.15) is 5.10 Å². The molecular weight excluding hydrogens is 426 g/mol. The van der Waals surface area contributed by atoms with Crippen molar-refractivity contribution in [3.63, 3.8) is 0 Å². The largest absolute Gasteiger partial charge is 0.465 e. The van der Waals surface area contributed by atoms with E-state index in [1.807, 2.05) is 17.5 Å². The second kappa shape index (κ2) is 8.04. The molecule has 0 spiro atoms. The number of thiophene rings is 1. The SMILES string of the molecule is COC(=O)c1cccc(NC(=O)c2cc(-c3cccs3)n(C3CCS(=O)(=O)C3)n2)c1. The number of methoxy groups -OCH3 is 1. The molecule has 30 heavy (non-hydrogen) atoms. The Kier molecular flexibility index (Phi) is 5.44. The molecule has 1 saturated heterocycles. The van der Waals surface area contributed by atoms with Crippen LogP contribution in [0.4, 0.5) is 5.69 Å². The Morgan fingerprint density at radius 2 is 2.07 bits per heavy atom. The van der Waals surface area contributed by atoms with Crippen molar-refractivity contribution in [2.45, 2.75) is 12.5 Å². The maximum Gasteiger partial charge on any atom is 0.337 e. The molecule has 0 bridgehead atoms. The first kappa shape index (κ1) is 20.3. The van der Waals surface area contributed by atoms with E-state index in [9.17, 15) is 18.0 Å². The Morgan fingerprint density at radius 1 is 1.23 bits per heavy atom. The van der Waals surface area contributed by atoms with E-state index in [1.165, 1.54) is 24.5 Å². The summed E-state index contributed by atoms with van der Waals surface area (Å²) in [6.07, 6.45) is 0.463. The number of carbonyl (C=O) groups excluding carboxylic acids is 2. The minimum Gasteiger partial charge on any atom is -0.465 e. The highest BCUT2D eigenvalue weighted by molar-refractivity contribution is 7.91. The van der Waals surface area contributed by atoms with Gasteiger partial charge in [0.15, 0.2) is 15.5 Å². The van der Waals surface area contributed by atoms with Crippen LogP contribution >= 0.6 is 11.3 Å². The topological polar surface area (TPSA) is 107 Å². The van der Waals surface area contributed by atoms with Crippen molar-refractivity contribution in [2.24, 2.45) is 0 Å². The summed E-state index contributed by atoms with van der Waals surface area (Å²) in [5.74, 6) is -0.828. The first-order valence-electron chi connectivity index (χ1n) is 9.20. The Labute approximate surface area is 177 Å². The number of rotatable bonds is 5. The number of aromatic nitrogens is 2. The zero-order chi connectivity index (χ0) is 21.3. The molecule has 4 rings (SSSR count). The zero-order valence-corrected chi connectivity index (χ0v) is 17.7. The third-order valence-electron chi connectivity index (χ3n) is 4.84. The second-order valence-corrected chi connectivity index (χ2v) is 10.1. The lowest BCUT2D eigenvalue weighted by molar-refractivity contribution is 0.0600. The van der Waals surface area contributed by atoms with Gasteiger partial charge >= 0.3 is 5.97 Å². The van der Waals surface area contributed by atoms with Crippen LogP contribution in [0.15, 0.2) is 47.8 Å². The van der Waals surface area contributed by atoms with E-state index in [4.69, 9.17) is 4.74 Å². The molecule has 1 amide bonds. The van der Waals surface area contributed by atoms with E-state index in [0.29, 0.717) is 23.4 Å². The van der Waals surface area contributed by atoms with Gasteiger partial charge in [-0.1, -0.05) is 12.1 Å². The summed E-state index contributed by atoms with van der Waals surface area (Å²) in [5, 5.41) is 9.08. The first-order chi connectivity index (χ1) is 14.4. The van der Waals surface area contributed by atoms with Crippen molar-refractivity contribution in [3.05, 3.63) is 59.1 Å². The number of carbonyl (C=O) groups is 2. The average molecular weight is 446 g/mol. The summed E-state index contributed by atoms with van der Waals surface area (Å²) in [5.41, 5.74) is 1.63. The van der Waals surface area contributed by atoms with Crippen LogP contribution in [0.25, 0.3) is 10.6 Å². The molecule has 0 aliphatic carbocycles. The number of nitrogens with zero attached hydrogens (tertiary/aromatic N) is 2. The summed E-state index contributed by atoms with van der Waals surface area (Å²) in [7, 11) is -1.82. The molecule has 1 fully saturated rings. The third-order valence-corrected chi connectivity index (χ3v) is 7.48. The van der Waals surface area contributed by atoms with Gasteiger partial charge < -0.3 is 10.1 Å². The highest BCUT2D eigenvalue weighted by Gasteiger charge is 2.32. The second-order valence-electron chi connectivity index (χ2n) is 6.92. The monoisotopic (exact) mass is 445 g/mol. The molecule has 1 atom stereocenters. The van der Waals surface area contributed by atoms with Crippen LogP contribution in [0, 0.1) is 0 Å². The highest BCUT2D eigenvalue weighted by atomic mass is 32.2. The molecule has 0 saturated carbocycles. The Hall–Kier alpha value is -2.98. The summed E-state index contributed by atoms with van der Waals surface area (Å²) < 4.78 is 30.2. The third kappa shape index (κ3) is 4.14. The number of hydrogen-bond acceptors (Lipinski definition) is 7. The fraction of sp³-hybridized carbons (Fsp3) is 0.250. The summed E-state index contributed by atoms with van der Waals surface area (Å²) in [6.45, 7) is 0. The number of esters is 1. The number of amides is 1. The van der Waals surface area contributed by atoms with Crippen LogP contribution in [0.5, 0.6) is 0 Å². The molecule has 1 unspecified atom stereocenters. The van der Waals surface area contributed by atoms with E-state index in [0.717, 1.165) is 4.88 Å². The van der Waals surface area contributed by atoms with Gasteiger partial charge in [0.25, 0.3) is 5.91 Å². The maximum atomic E-state index is 12.8. The summed E-state index contributed by atoms with van der Waals surface area (Å²) >= 11 is 1.49. The van der Waals surface area contributed by atoms with Crippen molar-refractivity contribution < 1.29 is 22.7 Å². The molecule has 2 aromatic heterocycles. The van der Waals surface area contributed by atoms with Gasteiger partial charge in [-0.05, 0) is 42.1 Å². The van der Waals surface area contributed by atoms with Crippen molar-refractivity contribution in [1.29, 1.82) is 0 Å². The predicted molar refractivity (Wildman–Crippen MR) is 114 cm³/mol. The number of nitrogens with one attached hydrogen (secondary N) is 1. The molecular formula is C20H19N3O5S2. The smallest absolute Gasteiger partial charge is 0.337 e. The fourth-order valence-electron chi connectivity index (χ4n) is 3.40. The molecule has 0 radical (unpaired) electrons. The first-order valence-corrected chi connectivity index (χ1v) is 11.9. The van der Waals surface area contributed by atoms with Crippen molar-refractivity contribution in [1.82, 2.24) is 9.78 Å². The molecule has 1 aliphatic heterocycles. The quantitative estimate of drug-likeness (QED) is 0.605. The van der Waals surface area contributed by atoms with E-state index in [2.05, 4.69) is 10.4 Å². The Balaban J connectivity index is 1.64. The molecule has 8 nitrogen and oxygen atoms in total. The Bertz CT molecular complexity index is 1200. The summed E-state index contributed by atoms with van der Waals surface area (Å²) in [4.78, 5) is 25.4. The number of sulfone groups is 1. The molecule has 1 aromatic carbocycles. The molecule has 1 N–H and O–H groups in total. The highest BCUT2D eigenvalue weighted by Crippen LogP contribution is 2.32. The van der Waals surface area contributed by atoms with Gasteiger partial charge in [-0.15, -0.1) is 11.3 Å². The van der Waals surface area contributed by atoms with Gasteiger partial charge in [-0.25, -0.2) is 13.2 Å². The van der Waals surface area contributed by atoms with E-state index < -0.39 is 21.7 Å². The normalized spacial score (nSPS) is 17.6. The van der Waals surface area contributed by atoms with Gasteiger partial charge in [0, 0.05) is 5.69 Å². The average Bonchev–Trinajstić information content (AvgIpc) is 3.46. The lowest BCUT2D eigenvalue weighted by Gasteiger charge is -2.12. The van der Waals surface area contributed by atoms with Gasteiger partial charge in [0.2, 0.25) is 0 Å². The number of ether oxygens (including phenoxy) is 1. The van der Waals surface area contributed by atoms with Crippen molar-refractivity contribution in [3.8, 4) is 10.6 Å². The van der Waals surface area contributed by atoms with Gasteiger partial charge in [0.05, 0.1) is 40.8 Å². The zero-order valence-electron chi connectivity index (χ0n) is 16.1. The summed E-state index contributed by atoms with van der Waals surface area (Å²) in [6, 6.07) is 11.6. The molecule has 1 aliphatic rings. The maximum absolute atomic E-state index is 12.8. The molecule has 3 heterocycles. The van der Waals surface area contributed by atoms with Gasteiger partial charge in [-0.3, -0.25) is 9.48 Å². The fourth-order valence-corrected chi connectivity index (χ4v) is 5.82. The van der Waals surface area contributed by atoms with Crippen LogP contribution < -0.4 is 5.32 Å². The van der Waals surface area contributed by atoms with E-state index >= 15 is 0 Å². The van der Waals surface area contributed by atoms with E-state index in [-0.39, 0.29) is 23.2 Å². The van der Waals surface area contributed by atoms with Crippen LogP contribution in [0.1, 0.15) is 33.3 Å². The predicted octanol–water partition coefficient (Wildman–Crippen LogP) is 3.01. The number of benzene rings is 1. The number of hydrogen-bond donors (Lipinski definition) is 1. The molecule has 3 aromatic rings. The van der Waals surface area contributed by atoms with E-state index in [1.54, 1.807) is 28.9 Å². The number of anilines is 1. The van der Waals surface area contributed by atoms with Crippen LogP contribution in [-0.2, 0) is 14.6 Å². The van der Waals surface area contributed by atoms with Crippen LogP contribution in [0.3, 0.4) is 0 Å². The lowest BCUT2D eigenvalue weighted by atomic mass is 10.2. The van der Waals surface area contributed by atoms with Crippen LogP contribution in [-0.4, -0.2) is 48.7 Å². The minimum absolute atomic E-state index is 0.00922. The Morgan fingerprint density at radius 3 is 2.73 bits per heavy atom. The lowest BCUT2D eigenvalue weighted by Crippen LogP contribution is -2.16. The molecule has 156 valence electrons. The minimum atomic E-state index is -3.11. The van der Waals surface area contributed by atoms with Crippen molar-refractivity contribution >= 4 is 38.7 Å². The standard InChI is InChI=1S/C20H19N3O5S2/c1-28-20(25)13-4-2-5-14(10-13)21-19(24)16-11-17(18-6-3-8-29-18)23(22-16)15-7-9-30(26,27)12-15/h2-6,8,10-11,15H,7,9,12H2,1H3,(H,21,24).